The van der Waals surface area contributed by atoms with Gasteiger partial charge < -0.3 is 0 Å². The number of benzene rings is 2. The monoisotopic (exact) mass is 456 g/mol. The van der Waals surface area contributed by atoms with Gasteiger partial charge in [-0.2, -0.15) is 8.42 Å². The third-order valence-corrected chi connectivity index (χ3v) is 6.78. The molecule has 0 spiro atoms. The zero-order chi connectivity index (χ0) is 20.5. The first-order valence-electron chi connectivity index (χ1n) is 7.86. The van der Waals surface area contributed by atoms with Crippen LogP contribution in [0.1, 0.15) is 21.5 Å². The summed E-state index contributed by atoms with van der Waals surface area (Å²) in [6, 6.07) is 9.74. The summed E-state index contributed by atoms with van der Waals surface area (Å²) in [4.78, 5) is 12.3. The minimum absolute atomic E-state index is 0.0250. The molecule has 0 atom stereocenters. The highest BCUT2D eigenvalue weighted by Crippen LogP contribution is 2.26. The number of sulfonamides is 1. The van der Waals surface area contributed by atoms with Crippen molar-refractivity contribution in [2.24, 2.45) is 0 Å². The molecule has 28 heavy (non-hydrogen) atoms. The third-order valence-electron chi connectivity index (χ3n) is 3.66. The Morgan fingerprint density at radius 1 is 1.07 bits per heavy atom. The molecule has 3 rings (SSSR count). The van der Waals surface area contributed by atoms with E-state index in [9.17, 15) is 13.2 Å². The molecule has 0 saturated carbocycles. The fourth-order valence-corrected chi connectivity index (χ4v) is 4.85. The van der Waals surface area contributed by atoms with E-state index >= 15 is 0 Å². The SMILES string of the molecule is Cc1ccc(NS(=O)(=O)c2nnc(NC(=O)c3ccc(Cl)cc3Cl)s2)c(C)c1. The molecular formula is C17H14Cl2N4O3S2. The van der Waals surface area contributed by atoms with E-state index in [0.29, 0.717) is 10.7 Å². The minimum Gasteiger partial charge on any atom is -0.296 e. The van der Waals surface area contributed by atoms with E-state index in [4.69, 9.17) is 23.2 Å². The molecular weight excluding hydrogens is 443 g/mol. The van der Waals surface area contributed by atoms with Crippen LogP contribution >= 0.6 is 34.5 Å². The molecule has 0 fully saturated rings. The number of aromatic nitrogens is 2. The summed E-state index contributed by atoms with van der Waals surface area (Å²) in [6.45, 7) is 3.71. The Kier molecular flexibility index (Phi) is 5.90. The maximum absolute atomic E-state index is 12.5. The summed E-state index contributed by atoms with van der Waals surface area (Å²) in [5.74, 6) is -0.552. The first-order valence-corrected chi connectivity index (χ1v) is 10.9. The van der Waals surface area contributed by atoms with Crippen molar-refractivity contribution in [2.75, 3.05) is 10.0 Å². The molecule has 0 radical (unpaired) electrons. The Balaban J connectivity index is 1.78. The van der Waals surface area contributed by atoms with Crippen LogP contribution in [-0.2, 0) is 10.0 Å². The highest BCUT2D eigenvalue weighted by Gasteiger charge is 2.22. The van der Waals surface area contributed by atoms with Gasteiger partial charge in [-0.3, -0.25) is 14.8 Å². The zero-order valence-corrected chi connectivity index (χ0v) is 17.8. The summed E-state index contributed by atoms with van der Waals surface area (Å²) in [5.41, 5.74) is 2.42. The fourth-order valence-electron chi connectivity index (χ4n) is 2.32. The molecule has 1 amide bonds. The van der Waals surface area contributed by atoms with Gasteiger partial charge in [0.25, 0.3) is 20.3 Å². The maximum Gasteiger partial charge on any atom is 0.291 e. The molecule has 1 heterocycles. The van der Waals surface area contributed by atoms with E-state index in [-0.39, 0.29) is 20.1 Å². The molecule has 2 aromatic carbocycles. The molecule has 1 aromatic heterocycles. The second kappa shape index (κ2) is 8.04. The fraction of sp³-hybridized carbons (Fsp3) is 0.118. The number of aryl methyl sites for hydroxylation is 2. The lowest BCUT2D eigenvalue weighted by molar-refractivity contribution is 0.102. The van der Waals surface area contributed by atoms with Crippen LogP contribution in [0.15, 0.2) is 40.7 Å². The number of hydrogen-bond acceptors (Lipinski definition) is 6. The summed E-state index contributed by atoms with van der Waals surface area (Å²) in [7, 11) is -3.94. The maximum atomic E-state index is 12.5. The van der Waals surface area contributed by atoms with E-state index in [1.54, 1.807) is 19.1 Å². The van der Waals surface area contributed by atoms with Gasteiger partial charge in [-0.1, -0.05) is 52.2 Å². The number of nitrogens with one attached hydrogen (secondary N) is 2. The molecule has 0 aliphatic rings. The largest absolute Gasteiger partial charge is 0.296 e. The van der Waals surface area contributed by atoms with E-state index in [1.807, 2.05) is 13.0 Å². The summed E-state index contributed by atoms with van der Waals surface area (Å²) in [6.07, 6.45) is 0. The van der Waals surface area contributed by atoms with Crippen molar-refractivity contribution < 1.29 is 13.2 Å². The van der Waals surface area contributed by atoms with Gasteiger partial charge >= 0.3 is 0 Å². The van der Waals surface area contributed by atoms with Crippen molar-refractivity contribution in [1.29, 1.82) is 0 Å². The normalized spacial score (nSPS) is 11.3. The Hall–Kier alpha value is -2.20. The van der Waals surface area contributed by atoms with Crippen LogP contribution in [0.3, 0.4) is 0 Å². The van der Waals surface area contributed by atoms with Gasteiger partial charge in [-0.15, -0.1) is 10.2 Å². The lowest BCUT2D eigenvalue weighted by Crippen LogP contribution is -2.13. The number of carbonyl (C=O) groups is 1. The minimum atomic E-state index is -3.94. The van der Waals surface area contributed by atoms with Crippen molar-refractivity contribution in [3.05, 3.63) is 63.1 Å². The summed E-state index contributed by atoms with van der Waals surface area (Å²) in [5, 5.41) is 10.4. The number of anilines is 2. The lowest BCUT2D eigenvalue weighted by Gasteiger charge is -2.08. The molecule has 0 unspecified atom stereocenters. The van der Waals surface area contributed by atoms with Crippen LogP contribution in [0.2, 0.25) is 10.0 Å². The van der Waals surface area contributed by atoms with Crippen LogP contribution in [-0.4, -0.2) is 24.5 Å². The predicted octanol–water partition coefficient (Wildman–Crippen LogP) is 4.51. The molecule has 7 nitrogen and oxygen atoms in total. The van der Waals surface area contributed by atoms with Crippen molar-refractivity contribution in [1.82, 2.24) is 10.2 Å². The van der Waals surface area contributed by atoms with Gasteiger partial charge in [-0.25, -0.2) is 0 Å². The zero-order valence-electron chi connectivity index (χ0n) is 14.7. The van der Waals surface area contributed by atoms with E-state index in [2.05, 4.69) is 20.2 Å². The molecule has 2 N–H and O–H groups in total. The molecule has 146 valence electrons. The van der Waals surface area contributed by atoms with Crippen molar-refractivity contribution in [3.8, 4) is 0 Å². The van der Waals surface area contributed by atoms with Crippen molar-refractivity contribution >= 4 is 61.3 Å². The summed E-state index contributed by atoms with van der Waals surface area (Å²) < 4.78 is 27.3. The number of hydrogen-bond donors (Lipinski definition) is 2. The molecule has 0 aliphatic carbocycles. The first-order chi connectivity index (χ1) is 13.2. The molecule has 3 aromatic rings. The highest BCUT2D eigenvalue weighted by molar-refractivity contribution is 7.94. The second-order valence-corrected chi connectivity index (χ2v) is 9.55. The number of nitrogens with zero attached hydrogens (tertiary/aromatic N) is 2. The van der Waals surface area contributed by atoms with Crippen molar-refractivity contribution in [3.63, 3.8) is 0 Å². The Bertz CT molecular complexity index is 1160. The average molecular weight is 457 g/mol. The van der Waals surface area contributed by atoms with Crippen LogP contribution in [0.4, 0.5) is 10.8 Å². The van der Waals surface area contributed by atoms with Gasteiger partial charge in [0.15, 0.2) is 0 Å². The standard InChI is InChI=1S/C17H14Cl2N4O3S2/c1-9-3-6-14(10(2)7-9)23-28(25,26)17-22-21-16(27-17)20-15(24)12-5-4-11(18)8-13(12)19/h3-8,23H,1-2H3,(H,20,21,24). The highest BCUT2D eigenvalue weighted by atomic mass is 35.5. The molecule has 11 heteroatoms. The summed E-state index contributed by atoms with van der Waals surface area (Å²) >= 11 is 12.5. The Morgan fingerprint density at radius 2 is 1.82 bits per heavy atom. The number of amides is 1. The van der Waals surface area contributed by atoms with Crippen LogP contribution in [0.25, 0.3) is 0 Å². The molecule has 0 saturated heterocycles. The number of carbonyl (C=O) groups excluding carboxylic acids is 1. The Labute approximate surface area is 175 Å². The Morgan fingerprint density at radius 3 is 2.50 bits per heavy atom. The van der Waals surface area contributed by atoms with Gasteiger partial charge in [0, 0.05) is 5.02 Å². The first kappa shape index (κ1) is 20.5. The van der Waals surface area contributed by atoms with E-state index in [1.165, 1.54) is 18.2 Å². The number of rotatable bonds is 5. The second-order valence-electron chi connectivity index (χ2n) is 5.88. The topological polar surface area (TPSA) is 101 Å². The van der Waals surface area contributed by atoms with Crippen LogP contribution in [0, 0.1) is 13.8 Å². The smallest absolute Gasteiger partial charge is 0.291 e. The van der Waals surface area contributed by atoms with Gasteiger partial charge in [0.1, 0.15) is 0 Å². The molecule has 0 bridgehead atoms. The number of halogens is 2. The van der Waals surface area contributed by atoms with Gasteiger partial charge in [0.2, 0.25) is 5.13 Å². The van der Waals surface area contributed by atoms with E-state index in [0.717, 1.165) is 22.5 Å². The third kappa shape index (κ3) is 4.61. The molecule has 0 aliphatic heterocycles. The van der Waals surface area contributed by atoms with E-state index < -0.39 is 15.9 Å². The van der Waals surface area contributed by atoms with Crippen LogP contribution in [0.5, 0.6) is 0 Å². The average Bonchev–Trinajstić information content (AvgIpc) is 3.06. The van der Waals surface area contributed by atoms with Gasteiger partial charge in [-0.05, 0) is 43.7 Å². The lowest BCUT2D eigenvalue weighted by atomic mass is 10.1. The van der Waals surface area contributed by atoms with Crippen molar-refractivity contribution in [2.45, 2.75) is 18.2 Å². The quantitative estimate of drug-likeness (QED) is 0.549. The van der Waals surface area contributed by atoms with Gasteiger partial charge in [0.05, 0.1) is 16.3 Å². The predicted molar refractivity (Wildman–Crippen MR) is 111 cm³/mol. The van der Waals surface area contributed by atoms with Crippen LogP contribution < -0.4 is 10.0 Å².